The molecule has 8 rings (SSSR count). The smallest absolute Gasteiger partial charge is 0.324 e. The Morgan fingerprint density at radius 2 is 2.14 bits per heavy atom. The SMILES string of the molecule is CN[C@@H](Cc1ncc[nH]1)C(=O)OC12CC3CC4CC([C@H](N)C(=O)N5[C@H](C#N)CC67CC56C7)(C1)C4(C3)C2. The molecule has 1 spiro atoms. The Labute approximate surface area is 210 Å². The highest BCUT2D eigenvalue weighted by atomic mass is 16.6. The maximum Gasteiger partial charge on any atom is 0.324 e. The number of hydrogen-bond acceptors (Lipinski definition) is 7. The number of ether oxygens (including phenoxy) is 1. The highest BCUT2D eigenvalue weighted by Crippen LogP contribution is 2.88. The van der Waals surface area contributed by atoms with E-state index >= 15 is 0 Å². The number of piperidine rings is 2. The van der Waals surface area contributed by atoms with Gasteiger partial charge >= 0.3 is 5.97 Å². The third kappa shape index (κ3) is 2.29. The molecule has 8 atom stereocenters. The highest BCUT2D eigenvalue weighted by molar-refractivity contribution is 5.87. The second-order valence-electron chi connectivity index (χ2n) is 13.5. The van der Waals surface area contributed by atoms with Gasteiger partial charge < -0.3 is 25.7 Å². The van der Waals surface area contributed by atoms with Crippen molar-refractivity contribution >= 4 is 11.9 Å². The summed E-state index contributed by atoms with van der Waals surface area (Å²) in [7, 11) is 1.77. The summed E-state index contributed by atoms with van der Waals surface area (Å²) in [6.07, 6.45) is 12.3. The molecule has 4 N–H and O–H groups in total. The van der Waals surface area contributed by atoms with E-state index in [4.69, 9.17) is 10.5 Å². The van der Waals surface area contributed by atoms with Crippen LogP contribution < -0.4 is 11.1 Å². The number of hydrogen-bond donors (Lipinski definition) is 3. The number of carbonyl (C=O) groups excluding carboxylic acids is 2. The molecule has 2 heterocycles. The first kappa shape index (κ1) is 21.6. The van der Waals surface area contributed by atoms with E-state index in [0.717, 1.165) is 57.2 Å². The lowest BCUT2D eigenvalue weighted by atomic mass is 9.44. The molecule has 190 valence electrons. The molecule has 1 aliphatic heterocycles. The van der Waals surface area contributed by atoms with Gasteiger partial charge in [0.1, 0.15) is 23.5 Å². The van der Waals surface area contributed by atoms with Gasteiger partial charge in [0.25, 0.3) is 0 Å². The fraction of sp³-hybridized carbons (Fsp3) is 0.778. The molecule has 9 heteroatoms. The number of amides is 1. The standard InChI is InChI=1S/C27H34N6O3/c1-30-18(5-19-31-2-3-32-19)22(35)36-24-6-15-4-16-8-26(14-24,25(16,7-15)13-24)20(29)21(34)33-17(10-28)9-23-11-27(23,33)12-23/h2-3,15-18,20,30H,4-9,11-14,29H2,1H3,(H,31,32)/t15?,16?,17-,18-,20+,23?,24?,25?,26?,27?/m0/s1. The third-order valence-corrected chi connectivity index (χ3v) is 12.1. The van der Waals surface area contributed by atoms with Gasteiger partial charge in [-0.25, -0.2) is 4.98 Å². The Bertz CT molecular complexity index is 1220. The van der Waals surface area contributed by atoms with Crippen LogP contribution in [0.5, 0.6) is 0 Å². The summed E-state index contributed by atoms with van der Waals surface area (Å²) in [5, 5.41) is 12.9. The van der Waals surface area contributed by atoms with Gasteiger partial charge in [0.05, 0.1) is 17.6 Å². The van der Waals surface area contributed by atoms with E-state index in [1.165, 1.54) is 0 Å². The Morgan fingerprint density at radius 1 is 1.31 bits per heavy atom. The molecule has 3 bridgehead atoms. The fourth-order valence-electron chi connectivity index (χ4n) is 10.7. The molecule has 1 amide bonds. The van der Waals surface area contributed by atoms with Gasteiger partial charge in [0, 0.05) is 29.6 Å². The number of nitrogens with one attached hydrogen (secondary N) is 2. The normalized spacial score (nSPS) is 49.4. The Kier molecular flexibility index (Phi) is 3.80. The molecule has 1 aromatic heterocycles. The fourth-order valence-corrected chi connectivity index (χ4v) is 10.7. The quantitative estimate of drug-likeness (QED) is 0.492. The minimum atomic E-state index is -0.628. The van der Waals surface area contributed by atoms with Crippen LogP contribution >= 0.6 is 0 Å². The summed E-state index contributed by atoms with van der Waals surface area (Å²) < 4.78 is 6.45. The number of imidazole rings is 1. The van der Waals surface area contributed by atoms with Crippen LogP contribution in [0.3, 0.4) is 0 Å². The lowest BCUT2D eigenvalue weighted by molar-refractivity contribution is -0.166. The molecule has 7 aliphatic rings. The lowest BCUT2D eigenvalue weighted by Gasteiger charge is -2.61. The van der Waals surface area contributed by atoms with E-state index in [2.05, 4.69) is 21.4 Å². The summed E-state index contributed by atoms with van der Waals surface area (Å²) in [6.45, 7) is 0. The predicted molar refractivity (Wildman–Crippen MR) is 127 cm³/mol. The van der Waals surface area contributed by atoms with Crippen LogP contribution in [-0.2, 0) is 20.7 Å². The number of likely N-dealkylation sites (N-methyl/N-ethyl adjacent to an activating group) is 1. The number of fused-ring (bicyclic) bond motifs is 2. The van der Waals surface area contributed by atoms with Crippen molar-refractivity contribution in [3.05, 3.63) is 18.2 Å². The average Bonchev–Trinajstić information content (AvgIpc) is 3.32. The average molecular weight is 491 g/mol. The van der Waals surface area contributed by atoms with Crippen LogP contribution in [0.1, 0.15) is 63.6 Å². The third-order valence-electron chi connectivity index (χ3n) is 12.1. The van der Waals surface area contributed by atoms with Crippen molar-refractivity contribution < 1.29 is 14.3 Å². The van der Waals surface area contributed by atoms with E-state index in [1.807, 2.05) is 4.90 Å². The highest BCUT2D eigenvalue weighted by Gasteiger charge is 2.91. The monoisotopic (exact) mass is 490 g/mol. The number of nitrogens with zero attached hydrogens (tertiary/aromatic N) is 3. The van der Waals surface area contributed by atoms with Crippen LogP contribution in [0.25, 0.3) is 0 Å². The van der Waals surface area contributed by atoms with Crippen molar-refractivity contribution in [1.82, 2.24) is 20.2 Å². The van der Waals surface area contributed by atoms with E-state index < -0.39 is 17.7 Å². The molecular weight excluding hydrogens is 456 g/mol. The van der Waals surface area contributed by atoms with Crippen LogP contribution in [0.2, 0.25) is 0 Å². The second-order valence-corrected chi connectivity index (χ2v) is 13.5. The number of aromatic amines is 1. The zero-order chi connectivity index (χ0) is 24.7. The molecular formula is C27H34N6O3. The number of nitrogens with two attached hydrogens (primary N) is 1. The van der Waals surface area contributed by atoms with Crippen molar-refractivity contribution in [3.63, 3.8) is 0 Å². The number of likely N-dealkylation sites (tertiary alicyclic amines) is 1. The molecule has 9 nitrogen and oxygen atoms in total. The topological polar surface area (TPSA) is 137 Å². The van der Waals surface area contributed by atoms with Crippen LogP contribution in [0.15, 0.2) is 12.4 Å². The summed E-state index contributed by atoms with van der Waals surface area (Å²) in [6, 6.07) is 0.942. The van der Waals surface area contributed by atoms with Gasteiger partial charge in [-0.2, -0.15) is 5.26 Å². The van der Waals surface area contributed by atoms with E-state index in [9.17, 15) is 14.9 Å². The summed E-state index contributed by atoms with van der Waals surface area (Å²) in [5.74, 6) is 1.57. The zero-order valence-electron chi connectivity index (χ0n) is 20.8. The first-order chi connectivity index (χ1) is 17.2. The van der Waals surface area contributed by atoms with Gasteiger partial charge in [-0.1, -0.05) is 0 Å². The summed E-state index contributed by atoms with van der Waals surface area (Å²) in [4.78, 5) is 36.7. The van der Waals surface area contributed by atoms with Crippen molar-refractivity contribution in [3.8, 4) is 6.07 Å². The van der Waals surface area contributed by atoms with Crippen LogP contribution in [-0.4, -0.2) is 63.1 Å². The van der Waals surface area contributed by atoms with Crippen molar-refractivity contribution in [2.75, 3.05) is 7.05 Å². The van der Waals surface area contributed by atoms with Gasteiger partial charge in [-0.05, 0) is 82.1 Å². The summed E-state index contributed by atoms with van der Waals surface area (Å²) in [5.41, 5.74) is 6.24. The molecule has 6 saturated carbocycles. The van der Waals surface area contributed by atoms with E-state index in [-0.39, 0.29) is 39.7 Å². The number of aromatic nitrogens is 2. The molecule has 5 unspecified atom stereocenters. The molecule has 1 saturated heterocycles. The molecule has 1 aromatic rings. The van der Waals surface area contributed by atoms with Gasteiger partial charge in [-0.15, -0.1) is 0 Å². The maximum absolute atomic E-state index is 14.0. The zero-order valence-corrected chi connectivity index (χ0v) is 20.8. The van der Waals surface area contributed by atoms with Gasteiger partial charge in [-0.3, -0.25) is 9.59 Å². The minimum Gasteiger partial charge on any atom is -0.458 e. The first-order valence-electron chi connectivity index (χ1n) is 13.6. The Hall–Kier alpha value is -2.44. The van der Waals surface area contributed by atoms with E-state index in [1.54, 1.807) is 19.4 Å². The Morgan fingerprint density at radius 3 is 2.86 bits per heavy atom. The van der Waals surface area contributed by atoms with E-state index in [0.29, 0.717) is 24.7 Å². The number of H-pyrrole nitrogens is 1. The van der Waals surface area contributed by atoms with Crippen LogP contribution in [0, 0.1) is 39.4 Å². The molecule has 36 heavy (non-hydrogen) atoms. The number of nitriles is 1. The lowest BCUT2D eigenvalue weighted by Crippen LogP contribution is -2.66. The second kappa shape index (κ2) is 6.33. The summed E-state index contributed by atoms with van der Waals surface area (Å²) >= 11 is 0. The molecule has 7 fully saturated rings. The van der Waals surface area contributed by atoms with Crippen molar-refractivity contribution in [1.29, 1.82) is 5.26 Å². The predicted octanol–water partition coefficient (Wildman–Crippen LogP) is 1.41. The number of esters is 1. The number of rotatable bonds is 7. The minimum absolute atomic E-state index is 0.00878. The number of carbonyl (C=O) groups is 2. The first-order valence-corrected chi connectivity index (χ1v) is 13.6. The molecule has 6 aliphatic carbocycles. The maximum atomic E-state index is 14.0. The van der Waals surface area contributed by atoms with Crippen molar-refractivity contribution in [2.24, 2.45) is 33.8 Å². The molecule has 0 radical (unpaired) electrons. The van der Waals surface area contributed by atoms with Crippen molar-refractivity contribution in [2.45, 2.75) is 93.5 Å². The largest absolute Gasteiger partial charge is 0.458 e. The molecule has 0 aromatic carbocycles. The van der Waals surface area contributed by atoms with Gasteiger partial charge in [0.15, 0.2) is 0 Å². The Balaban J connectivity index is 1.08. The van der Waals surface area contributed by atoms with Gasteiger partial charge in [0.2, 0.25) is 5.91 Å². The van der Waals surface area contributed by atoms with Crippen LogP contribution in [0.4, 0.5) is 0 Å².